The fourth-order valence-electron chi connectivity index (χ4n) is 4.36. The van der Waals surface area contributed by atoms with Crippen molar-refractivity contribution in [2.24, 2.45) is 4.99 Å². The maximum Gasteiger partial charge on any atom is 0.272 e. The van der Waals surface area contributed by atoms with Crippen LogP contribution in [0.5, 0.6) is 0 Å². The lowest BCUT2D eigenvalue weighted by atomic mass is 10.0. The molecule has 9 nitrogen and oxygen atoms in total. The predicted octanol–water partition coefficient (Wildman–Crippen LogP) is 3.37. The topological polar surface area (TPSA) is 118 Å². The average Bonchev–Trinajstić information content (AvgIpc) is 3.33. The molecule has 1 atom stereocenters. The summed E-state index contributed by atoms with van der Waals surface area (Å²) in [6.07, 6.45) is 6.23. The van der Waals surface area contributed by atoms with Gasteiger partial charge in [0.1, 0.15) is 17.8 Å². The summed E-state index contributed by atoms with van der Waals surface area (Å²) >= 11 is 0. The number of rotatable bonds is 11. The number of nitrogens with one attached hydrogen (secondary N) is 4. The van der Waals surface area contributed by atoms with Crippen molar-refractivity contribution < 1.29 is 9.18 Å². The number of allylic oxidation sites excluding steroid dienone is 1. The number of anilines is 1. The first-order valence-corrected chi connectivity index (χ1v) is 11.6. The largest absolute Gasteiger partial charge is 0.393 e. The van der Waals surface area contributed by atoms with Gasteiger partial charge in [-0.2, -0.15) is 0 Å². The van der Waals surface area contributed by atoms with Crippen molar-refractivity contribution in [1.29, 1.82) is 5.41 Å². The van der Waals surface area contributed by atoms with E-state index in [4.69, 9.17) is 5.41 Å². The van der Waals surface area contributed by atoms with Gasteiger partial charge in [0.05, 0.1) is 0 Å². The molecule has 186 valence electrons. The Balaban J connectivity index is 1.77. The number of hydrogen-bond donors (Lipinski definition) is 4. The van der Waals surface area contributed by atoms with Crippen LogP contribution in [0.2, 0.25) is 0 Å². The standard InChI is InChI=1S/C25H33FN8O/c1-16(2)34-7-5-6-21(34)14-30-22-23(32-15-33-24(22)29-4)25(35)31-12-17-8-18(10-20(26)9-17)19(11-27)13-28-3/h8-11,13,15-16,21,27-28,30H,4-7,12,14H2,1-3H3,(H,31,35)/b19-13+,27-11?/t21-/m0/s1. The molecular weight excluding hydrogens is 447 g/mol. The van der Waals surface area contributed by atoms with Crippen LogP contribution in [0.3, 0.4) is 0 Å². The molecule has 0 bridgehead atoms. The second-order valence-electron chi connectivity index (χ2n) is 8.65. The molecule has 1 fully saturated rings. The van der Waals surface area contributed by atoms with Crippen molar-refractivity contribution in [3.63, 3.8) is 0 Å². The number of amides is 1. The summed E-state index contributed by atoms with van der Waals surface area (Å²) in [5.74, 6) is -0.583. The molecule has 3 rings (SSSR count). The summed E-state index contributed by atoms with van der Waals surface area (Å²) < 4.78 is 14.2. The second kappa shape index (κ2) is 12.2. The normalized spacial score (nSPS) is 16.3. The smallest absolute Gasteiger partial charge is 0.272 e. The van der Waals surface area contributed by atoms with Gasteiger partial charge in [0.15, 0.2) is 11.5 Å². The molecule has 4 N–H and O–H groups in total. The number of benzene rings is 1. The summed E-state index contributed by atoms with van der Waals surface area (Å²) in [5, 5.41) is 16.5. The number of carbonyl (C=O) groups excluding carboxylic acids is 1. The van der Waals surface area contributed by atoms with E-state index in [1.807, 2.05) is 0 Å². The molecule has 1 aliphatic heterocycles. The highest BCUT2D eigenvalue weighted by Gasteiger charge is 2.27. The molecule has 1 aromatic carbocycles. The maximum absolute atomic E-state index is 14.2. The third kappa shape index (κ3) is 6.48. The summed E-state index contributed by atoms with van der Waals surface area (Å²) in [7, 11) is 1.71. The number of hydrogen-bond acceptors (Lipinski definition) is 8. The Hall–Kier alpha value is -3.66. The van der Waals surface area contributed by atoms with Crippen LogP contribution < -0.4 is 16.0 Å². The molecule has 2 heterocycles. The zero-order valence-corrected chi connectivity index (χ0v) is 20.4. The molecule has 35 heavy (non-hydrogen) atoms. The number of nitrogens with zero attached hydrogens (tertiary/aromatic N) is 4. The lowest BCUT2D eigenvalue weighted by Crippen LogP contribution is -2.39. The minimum absolute atomic E-state index is 0.0818. The number of aliphatic imine (C=N–C) groups is 1. The monoisotopic (exact) mass is 480 g/mol. The quantitative estimate of drug-likeness (QED) is 0.366. The second-order valence-corrected chi connectivity index (χ2v) is 8.65. The molecule has 1 aromatic heterocycles. The first-order chi connectivity index (χ1) is 16.9. The zero-order chi connectivity index (χ0) is 25.4. The van der Waals surface area contributed by atoms with Crippen LogP contribution in [0.1, 0.15) is 48.3 Å². The predicted molar refractivity (Wildman–Crippen MR) is 138 cm³/mol. The lowest BCUT2D eigenvalue weighted by Gasteiger charge is -2.29. The highest BCUT2D eigenvalue weighted by atomic mass is 19.1. The molecule has 1 saturated heterocycles. The molecule has 0 aliphatic carbocycles. The molecule has 0 unspecified atom stereocenters. The minimum atomic E-state index is -0.454. The summed E-state index contributed by atoms with van der Waals surface area (Å²) in [6, 6.07) is 5.19. The molecule has 1 amide bonds. The summed E-state index contributed by atoms with van der Waals surface area (Å²) in [6.45, 7) is 9.69. The number of halogens is 1. The minimum Gasteiger partial charge on any atom is -0.393 e. The first kappa shape index (κ1) is 26.0. The summed E-state index contributed by atoms with van der Waals surface area (Å²) in [4.78, 5) is 27.8. The van der Waals surface area contributed by atoms with Gasteiger partial charge in [0.2, 0.25) is 0 Å². The first-order valence-electron chi connectivity index (χ1n) is 11.6. The van der Waals surface area contributed by atoms with Crippen LogP contribution in [0, 0.1) is 11.2 Å². The van der Waals surface area contributed by atoms with Gasteiger partial charge in [-0.15, -0.1) is 0 Å². The van der Waals surface area contributed by atoms with Gasteiger partial charge in [-0.25, -0.2) is 19.4 Å². The Morgan fingerprint density at radius 1 is 1.37 bits per heavy atom. The van der Waals surface area contributed by atoms with E-state index in [9.17, 15) is 9.18 Å². The van der Waals surface area contributed by atoms with Crippen LogP contribution in [0.4, 0.5) is 15.9 Å². The third-order valence-corrected chi connectivity index (χ3v) is 5.99. The van der Waals surface area contributed by atoms with Crippen molar-refractivity contribution in [1.82, 2.24) is 25.5 Å². The molecule has 0 radical (unpaired) electrons. The van der Waals surface area contributed by atoms with Crippen molar-refractivity contribution in [2.75, 3.05) is 25.5 Å². The van der Waals surface area contributed by atoms with Gasteiger partial charge in [-0.1, -0.05) is 0 Å². The average molecular weight is 481 g/mol. The highest BCUT2D eigenvalue weighted by molar-refractivity contribution is 6.08. The molecular formula is C25H33FN8O. The van der Waals surface area contributed by atoms with E-state index in [2.05, 4.69) is 56.4 Å². The SMILES string of the molecule is C=Nc1ncnc(C(=O)NCc2cc(F)cc(/C(C=N)=C/NC)c2)c1NC[C@@H]1CCCN1C(C)C. The van der Waals surface area contributed by atoms with E-state index in [1.165, 1.54) is 18.5 Å². The molecule has 0 spiro atoms. The molecule has 2 aromatic rings. The Morgan fingerprint density at radius 2 is 2.17 bits per heavy atom. The number of aromatic nitrogens is 2. The van der Waals surface area contributed by atoms with Crippen molar-refractivity contribution >= 4 is 35.9 Å². The fraction of sp³-hybridized carbons (Fsp3) is 0.400. The van der Waals surface area contributed by atoms with Gasteiger partial charge in [-0.05, 0) is 69.3 Å². The molecule has 1 aliphatic rings. The van der Waals surface area contributed by atoms with Crippen LogP contribution >= 0.6 is 0 Å². The van der Waals surface area contributed by atoms with Gasteiger partial charge < -0.3 is 21.4 Å². The van der Waals surface area contributed by atoms with Crippen molar-refractivity contribution in [3.05, 3.63) is 53.4 Å². The summed E-state index contributed by atoms with van der Waals surface area (Å²) in [5.41, 5.74) is 2.20. The van der Waals surface area contributed by atoms with E-state index in [0.29, 0.717) is 46.8 Å². The fourth-order valence-corrected chi connectivity index (χ4v) is 4.36. The van der Waals surface area contributed by atoms with E-state index in [-0.39, 0.29) is 12.2 Å². The Morgan fingerprint density at radius 3 is 2.86 bits per heavy atom. The van der Waals surface area contributed by atoms with Gasteiger partial charge >= 0.3 is 0 Å². The van der Waals surface area contributed by atoms with Crippen LogP contribution in [0.15, 0.2) is 35.7 Å². The van der Waals surface area contributed by atoms with Gasteiger partial charge in [0, 0.05) is 50.2 Å². The number of carbonyl (C=O) groups is 1. The molecule has 10 heteroatoms. The zero-order valence-electron chi connectivity index (χ0n) is 20.4. The molecule has 0 saturated carbocycles. The highest BCUT2D eigenvalue weighted by Crippen LogP contribution is 2.27. The number of likely N-dealkylation sites (tertiary alicyclic amines) is 1. The van der Waals surface area contributed by atoms with Crippen LogP contribution in [-0.2, 0) is 6.54 Å². The van der Waals surface area contributed by atoms with E-state index < -0.39 is 11.7 Å². The van der Waals surface area contributed by atoms with E-state index in [1.54, 1.807) is 19.3 Å². The van der Waals surface area contributed by atoms with Gasteiger partial charge in [-0.3, -0.25) is 9.69 Å². The lowest BCUT2D eigenvalue weighted by molar-refractivity contribution is 0.0946. The Bertz CT molecular complexity index is 1100. The third-order valence-electron chi connectivity index (χ3n) is 5.99. The van der Waals surface area contributed by atoms with Crippen LogP contribution in [-0.4, -0.2) is 65.9 Å². The van der Waals surface area contributed by atoms with Crippen LogP contribution in [0.25, 0.3) is 5.57 Å². The Labute approximate surface area is 205 Å². The Kier molecular flexibility index (Phi) is 9.02. The van der Waals surface area contributed by atoms with E-state index >= 15 is 0 Å². The van der Waals surface area contributed by atoms with E-state index in [0.717, 1.165) is 25.6 Å². The van der Waals surface area contributed by atoms with Crippen molar-refractivity contribution in [3.8, 4) is 0 Å². The van der Waals surface area contributed by atoms with Gasteiger partial charge in [0.25, 0.3) is 5.91 Å². The maximum atomic E-state index is 14.2. The van der Waals surface area contributed by atoms with Crippen molar-refractivity contribution in [2.45, 2.75) is 45.3 Å².